The summed E-state index contributed by atoms with van der Waals surface area (Å²) in [5.41, 5.74) is 6.90. The van der Waals surface area contributed by atoms with Crippen molar-refractivity contribution >= 4 is 23.2 Å². The van der Waals surface area contributed by atoms with Crippen molar-refractivity contribution in [1.82, 2.24) is 0 Å². The van der Waals surface area contributed by atoms with Gasteiger partial charge in [-0.1, -0.05) is 77.5 Å². The maximum absolute atomic E-state index is 4.84. The maximum atomic E-state index is 4.84. The number of hydrogen-bond acceptors (Lipinski definition) is 2. The lowest BCUT2D eigenvalue weighted by Crippen LogP contribution is -1.96. The average Bonchev–Trinajstić information content (AvgIpc) is 2.64. The molecule has 3 aromatic carbocycles. The van der Waals surface area contributed by atoms with Gasteiger partial charge in [0.2, 0.25) is 0 Å². The van der Waals surface area contributed by atoms with E-state index in [1.165, 1.54) is 21.6 Å². The smallest absolute Gasteiger partial charge is 0.0714 e. The first-order chi connectivity index (χ1) is 12.6. The molecule has 0 N–H and O–H groups in total. The Balaban J connectivity index is 1.88. The maximum Gasteiger partial charge on any atom is 0.0714 e. The molecule has 3 aromatic rings. The molecule has 26 heavy (non-hydrogen) atoms. The van der Waals surface area contributed by atoms with E-state index in [9.17, 15) is 0 Å². The van der Waals surface area contributed by atoms with Crippen LogP contribution in [-0.4, -0.2) is 5.71 Å². The second kappa shape index (κ2) is 8.68. The molecule has 0 bridgehead atoms. The predicted octanol–water partition coefficient (Wildman–Crippen LogP) is 7.04. The molecule has 0 unspecified atom stereocenters. The Labute approximate surface area is 160 Å². The van der Waals surface area contributed by atoms with Crippen molar-refractivity contribution in [2.75, 3.05) is 0 Å². The number of rotatable bonds is 5. The van der Waals surface area contributed by atoms with E-state index in [-0.39, 0.29) is 0 Å². The second-order valence-corrected chi connectivity index (χ2v) is 7.34. The Kier molecular flexibility index (Phi) is 6.08. The summed E-state index contributed by atoms with van der Waals surface area (Å²) in [6.45, 7) is 6.38. The van der Waals surface area contributed by atoms with E-state index in [0.29, 0.717) is 0 Å². The Bertz CT molecular complexity index is 922. The summed E-state index contributed by atoms with van der Waals surface area (Å²) >= 11 is 1.73. The summed E-state index contributed by atoms with van der Waals surface area (Å²) < 4.78 is 0. The van der Waals surface area contributed by atoms with Gasteiger partial charge in [0.1, 0.15) is 0 Å². The van der Waals surface area contributed by atoms with Crippen LogP contribution in [-0.2, 0) is 0 Å². The molecule has 0 aromatic heterocycles. The summed E-state index contributed by atoms with van der Waals surface area (Å²) in [4.78, 5) is 6.12. The highest BCUT2D eigenvalue weighted by Crippen LogP contribution is 2.25. The van der Waals surface area contributed by atoms with Gasteiger partial charge in [-0.25, -0.2) is 4.99 Å². The van der Waals surface area contributed by atoms with Crippen molar-refractivity contribution in [2.24, 2.45) is 4.99 Å². The summed E-state index contributed by atoms with van der Waals surface area (Å²) in [6.07, 6.45) is 2.10. The van der Waals surface area contributed by atoms with Crippen LogP contribution in [0.2, 0.25) is 0 Å². The number of nitrogens with zero attached hydrogens (tertiary/aromatic N) is 1. The van der Waals surface area contributed by atoms with E-state index >= 15 is 0 Å². The summed E-state index contributed by atoms with van der Waals surface area (Å²) in [5, 5.41) is 2.12. The minimum Gasteiger partial charge on any atom is -0.248 e. The number of aryl methyl sites for hydroxylation is 3. The molecule has 0 atom stereocenters. The van der Waals surface area contributed by atoms with Crippen LogP contribution in [0.15, 0.2) is 94.2 Å². The molecule has 3 rings (SSSR count). The third-order valence-corrected chi connectivity index (χ3v) is 5.09. The molecule has 0 heterocycles. The third-order valence-electron chi connectivity index (χ3n) is 4.10. The van der Waals surface area contributed by atoms with Gasteiger partial charge in [0.25, 0.3) is 0 Å². The lowest BCUT2D eigenvalue weighted by atomic mass is 10.1. The fourth-order valence-corrected chi connectivity index (χ4v) is 3.40. The molecule has 0 aliphatic carbocycles. The number of aliphatic imine (C=N–C) groups is 1. The SMILES string of the molecule is Cc1ccc(C(C=CSc2ccc(C)cc2C)=Nc2ccccc2)cc1. The van der Waals surface area contributed by atoms with Gasteiger partial charge < -0.3 is 0 Å². The number of benzene rings is 3. The van der Waals surface area contributed by atoms with Crippen LogP contribution < -0.4 is 0 Å². The van der Waals surface area contributed by atoms with Crippen LogP contribution in [0.25, 0.3) is 0 Å². The van der Waals surface area contributed by atoms with E-state index in [2.05, 4.69) is 74.7 Å². The van der Waals surface area contributed by atoms with Gasteiger partial charge in [-0.2, -0.15) is 0 Å². The van der Waals surface area contributed by atoms with E-state index < -0.39 is 0 Å². The number of hydrogen-bond donors (Lipinski definition) is 0. The molecule has 0 aliphatic rings. The standard InChI is InChI=1S/C24H23NS/c1-18-9-12-21(13-10-18)23(25-22-7-5-4-6-8-22)15-16-26-24-14-11-19(2)17-20(24)3/h4-17H,1-3H3. The lowest BCUT2D eigenvalue weighted by molar-refractivity contribution is 1.27. The topological polar surface area (TPSA) is 12.4 Å². The lowest BCUT2D eigenvalue weighted by Gasteiger charge is -2.05. The summed E-state index contributed by atoms with van der Waals surface area (Å²) in [6, 6.07) is 25.2. The first-order valence-electron chi connectivity index (χ1n) is 8.73. The molecule has 0 radical (unpaired) electrons. The van der Waals surface area contributed by atoms with Gasteiger partial charge in [-0.3, -0.25) is 0 Å². The Hall–Kier alpha value is -2.58. The molecule has 0 saturated heterocycles. The van der Waals surface area contributed by atoms with Gasteiger partial charge >= 0.3 is 0 Å². The minimum atomic E-state index is 0.962. The van der Waals surface area contributed by atoms with Crippen molar-refractivity contribution in [3.63, 3.8) is 0 Å². The molecular formula is C24H23NS. The van der Waals surface area contributed by atoms with Crippen molar-refractivity contribution in [3.8, 4) is 0 Å². The van der Waals surface area contributed by atoms with Gasteiger partial charge in [0.15, 0.2) is 0 Å². The summed E-state index contributed by atoms with van der Waals surface area (Å²) in [7, 11) is 0. The Morgan fingerprint density at radius 3 is 2.19 bits per heavy atom. The monoisotopic (exact) mass is 357 g/mol. The largest absolute Gasteiger partial charge is 0.248 e. The zero-order chi connectivity index (χ0) is 18.4. The van der Waals surface area contributed by atoms with Crippen LogP contribution in [0.4, 0.5) is 5.69 Å². The third kappa shape index (κ3) is 4.96. The van der Waals surface area contributed by atoms with Crippen molar-refractivity contribution in [1.29, 1.82) is 0 Å². The van der Waals surface area contributed by atoms with E-state index in [1.807, 2.05) is 30.3 Å². The molecule has 0 aliphatic heterocycles. The molecule has 2 heteroatoms. The van der Waals surface area contributed by atoms with E-state index in [0.717, 1.165) is 17.0 Å². The summed E-state index contributed by atoms with van der Waals surface area (Å²) in [5.74, 6) is 0. The zero-order valence-corrected chi connectivity index (χ0v) is 16.3. The second-order valence-electron chi connectivity index (χ2n) is 6.39. The number of allylic oxidation sites excluding steroid dienone is 1. The van der Waals surface area contributed by atoms with Gasteiger partial charge in [-0.15, -0.1) is 0 Å². The van der Waals surface area contributed by atoms with Crippen LogP contribution in [0.1, 0.15) is 22.3 Å². The number of para-hydroxylation sites is 1. The van der Waals surface area contributed by atoms with E-state index in [1.54, 1.807) is 11.8 Å². The quantitative estimate of drug-likeness (QED) is 0.352. The predicted molar refractivity (Wildman–Crippen MR) is 115 cm³/mol. The van der Waals surface area contributed by atoms with Crippen LogP contribution in [0, 0.1) is 20.8 Å². The first-order valence-corrected chi connectivity index (χ1v) is 9.61. The fourth-order valence-electron chi connectivity index (χ4n) is 2.67. The highest BCUT2D eigenvalue weighted by molar-refractivity contribution is 8.02. The molecule has 0 fully saturated rings. The van der Waals surface area contributed by atoms with E-state index in [4.69, 9.17) is 4.99 Å². The number of thioether (sulfide) groups is 1. The van der Waals surface area contributed by atoms with Crippen molar-refractivity contribution < 1.29 is 0 Å². The Morgan fingerprint density at radius 1 is 0.808 bits per heavy atom. The van der Waals surface area contributed by atoms with Gasteiger partial charge in [-0.05, 0) is 56.0 Å². The molecular weight excluding hydrogens is 334 g/mol. The minimum absolute atomic E-state index is 0.962. The molecule has 0 spiro atoms. The van der Waals surface area contributed by atoms with Crippen molar-refractivity contribution in [3.05, 3.63) is 107 Å². The van der Waals surface area contributed by atoms with Crippen LogP contribution in [0.3, 0.4) is 0 Å². The molecule has 1 nitrogen and oxygen atoms in total. The van der Waals surface area contributed by atoms with Crippen LogP contribution in [0.5, 0.6) is 0 Å². The average molecular weight is 358 g/mol. The van der Waals surface area contributed by atoms with Crippen molar-refractivity contribution in [2.45, 2.75) is 25.7 Å². The fraction of sp³-hybridized carbons (Fsp3) is 0.125. The van der Waals surface area contributed by atoms with Gasteiger partial charge in [0, 0.05) is 10.5 Å². The van der Waals surface area contributed by atoms with Crippen LogP contribution >= 0.6 is 11.8 Å². The van der Waals surface area contributed by atoms with Gasteiger partial charge in [0.05, 0.1) is 11.4 Å². The Morgan fingerprint density at radius 2 is 1.50 bits per heavy atom. The normalized spacial score (nSPS) is 11.9. The molecule has 0 amide bonds. The highest BCUT2D eigenvalue weighted by Gasteiger charge is 2.02. The molecule has 130 valence electrons. The zero-order valence-electron chi connectivity index (χ0n) is 15.4. The first kappa shape index (κ1) is 18.2. The highest BCUT2D eigenvalue weighted by atomic mass is 32.2. The molecule has 0 saturated carbocycles.